The maximum atomic E-state index is 5.66. The molecule has 0 amide bonds. The van der Waals surface area contributed by atoms with Crippen molar-refractivity contribution >= 4 is 17.8 Å². The normalized spacial score (nSPS) is 10.5. The number of nitrogens with two attached hydrogens (primary N) is 1. The van der Waals surface area contributed by atoms with Gasteiger partial charge in [-0.25, -0.2) is 9.97 Å². The molecular weight excluding hydrogens is 232 g/mol. The van der Waals surface area contributed by atoms with Crippen LogP contribution >= 0.6 is 11.9 Å². The SMILES string of the molecule is CNSc1cccc(-c2cnc(N)c(C)n2)c1. The van der Waals surface area contributed by atoms with Gasteiger partial charge in [0.05, 0.1) is 17.6 Å². The molecule has 0 radical (unpaired) electrons. The Labute approximate surface area is 105 Å². The lowest BCUT2D eigenvalue weighted by Gasteiger charge is -2.05. The number of aromatic nitrogens is 2. The maximum Gasteiger partial charge on any atom is 0.144 e. The van der Waals surface area contributed by atoms with Gasteiger partial charge in [0, 0.05) is 10.5 Å². The van der Waals surface area contributed by atoms with Gasteiger partial charge in [-0.1, -0.05) is 12.1 Å². The number of rotatable bonds is 3. The summed E-state index contributed by atoms with van der Waals surface area (Å²) in [6.45, 7) is 1.86. The average Bonchev–Trinajstić information content (AvgIpc) is 2.33. The van der Waals surface area contributed by atoms with E-state index < -0.39 is 0 Å². The lowest BCUT2D eigenvalue weighted by molar-refractivity contribution is 1.13. The molecule has 0 fully saturated rings. The fourth-order valence-corrected chi connectivity index (χ4v) is 2.03. The van der Waals surface area contributed by atoms with Gasteiger partial charge in [0.15, 0.2) is 0 Å². The summed E-state index contributed by atoms with van der Waals surface area (Å²) in [6.07, 6.45) is 1.70. The third kappa shape index (κ3) is 2.75. The predicted octanol–water partition coefficient (Wildman–Crippen LogP) is 2.26. The fraction of sp³-hybridized carbons (Fsp3) is 0.167. The van der Waals surface area contributed by atoms with Gasteiger partial charge in [0.25, 0.3) is 0 Å². The first-order valence-electron chi connectivity index (χ1n) is 5.24. The Hall–Kier alpha value is -1.59. The van der Waals surface area contributed by atoms with E-state index in [1.807, 2.05) is 32.2 Å². The molecular formula is C12H14N4S. The molecule has 5 heteroatoms. The van der Waals surface area contributed by atoms with Gasteiger partial charge in [0.2, 0.25) is 0 Å². The van der Waals surface area contributed by atoms with E-state index in [1.165, 1.54) is 0 Å². The quantitative estimate of drug-likeness (QED) is 0.813. The van der Waals surface area contributed by atoms with Crippen molar-refractivity contribution in [1.82, 2.24) is 14.7 Å². The molecule has 0 bridgehead atoms. The van der Waals surface area contributed by atoms with Crippen LogP contribution in [0.3, 0.4) is 0 Å². The highest BCUT2D eigenvalue weighted by Crippen LogP contribution is 2.23. The summed E-state index contributed by atoms with van der Waals surface area (Å²) < 4.78 is 3.04. The molecule has 2 aromatic rings. The van der Waals surface area contributed by atoms with Gasteiger partial charge in [-0.2, -0.15) is 0 Å². The van der Waals surface area contributed by atoms with Gasteiger partial charge in [-0.15, -0.1) is 0 Å². The van der Waals surface area contributed by atoms with E-state index in [0.29, 0.717) is 5.82 Å². The van der Waals surface area contributed by atoms with Crippen molar-refractivity contribution in [3.63, 3.8) is 0 Å². The zero-order valence-electron chi connectivity index (χ0n) is 9.77. The molecule has 0 aliphatic heterocycles. The Balaban J connectivity index is 2.38. The zero-order valence-corrected chi connectivity index (χ0v) is 10.6. The molecule has 0 atom stereocenters. The van der Waals surface area contributed by atoms with E-state index in [1.54, 1.807) is 18.1 Å². The monoisotopic (exact) mass is 246 g/mol. The van der Waals surface area contributed by atoms with Crippen LogP contribution in [0.4, 0.5) is 5.82 Å². The van der Waals surface area contributed by atoms with Crippen LogP contribution in [0.5, 0.6) is 0 Å². The molecule has 88 valence electrons. The standard InChI is InChI=1S/C12H14N4S/c1-8-12(13)15-7-11(16-8)9-4-3-5-10(6-9)17-14-2/h3-7,14H,1-2H3,(H2,13,15). The summed E-state index contributed by atoms with van der Waals surface area (Å²) >= 11 is 1.57. The van der Waals surface area contributed by atoms with Crippen molar-refractivity contribution in [2.45, 2.75) is 11.8 Å². The summed E-state index contributed by atoms with van der Waals surface area (Å²) in [4.78, 5) is 9.69. The van der Waals surface area contributed by atoms with E-state index >= 15 is 0 Å². The second kappa shape index (κ2) is 5.16. The fourth-order valence-electron chi connectivity index (χ4n) is 1.47. The first-order valence-corrected chi connectivity index (χ1v) is 6.05. The maximum absolute atomic E-state index is 5.66. The summed E-state index contributed by atoms with van der Waals surface area (Å²) in [7, 11) is 1.89. The molecule has 0 saturated carbocycles. The lowest BCUT2D eigenvalue weighted by Crippen LogP contribution is -1.98. The molecule has 2 rings (SSSR count). The topological polar surface area (TPSA) is 63.8 Å². The van der Waals surface area contributed by atoms with Crippen LogP contribution in [0.2, 0.25) is 0 Å². The molecule has 0 aliphatic carbocycles. The summed E-state index contributed by atoms with van der Waals surface area (Å²) in [5.74, 6) is 0.481. The molecule has 1 aromatic carbocycles. The van der Waals surface area contributed by atoms with Crippen LogP contribution in [0.1, 0.15) is 5.69 Å². The Morgan fingerprint density at radius 2 is 2.18 bits per heavy atom. The van der Waals surface area contributed by atoms with Gasteiger partial charge >= 0.3 is 0 Å². The smallest absolute Gasteiger partial charge is 0.144 e. The minimum Gasteiger partial charge on any atom is -0.382 e. The molecule has 0 aliphatic rings. The molecule has 0 unspecified atom stereocenters. The third-order valence-corrected chi connectivity index (χ3v) is 3.03. The van der Waals surface area contributed by atoms with Crippen LogP contribution in [-0.4, -0.2) is 17.0 Å². The van der Waals surface area contributed by atoms with Crippen LogP contribution in [0.25, 0.3) is 11.3 Å². The lowest BCUT2D eigenvalue weighted by atomic mass is 10.1. The van der Waals surface area contributed by atoms with Crippen molar-refractivity contribution in [2.75, 3.05) is 12.8 Å². The van der Waals surface area contributed by atoms with E-state index in [9.17, 15) is 0 Å². The minimum atomic E-state index is 0.481. The second-order valence-electron chi connectivity index (χ2n) is 3.56. The van der Waals surface area contributed by atoms with E-state index in [4.69, 9.17) is 5.73 Å². The molecule has 0 spiro atoms. The Kier molecular flexibility index (Phi) is 3.61. The number of hydrogen-bond donors (Lipinski definition) is 2. The molecule has 3 N–H and O–H groups in total. The number of nitrogens with one attached hydrogen (secondary N) is 1. The first kappa shape index (κ1) is 11.9. The van der Waals surface area contributed by atoms with Crippen molar-refractivity contribution in [2.24, 2.45) is 0 Å². The highest BCUT2D eigenvalue weighted by molar-refractivity contribution is 7.97. The van der Waals surface area contributed by atoms with Crippen molar-refractivity contribution in [3.8, 4) is 11.3 Å². The molecule has 1 aromatic heterocycles. The Bertz CT molecular complexity index is 528. The first-order chi connectivity index (χ1) is 8.20. The van der Waals surface area contributed by atoms with E-state index in [2.05, 4.69) is 20.8 Å². The summed E-state index contributed by atoms with van der Waals surface area (Å²) in [5, 5.41) is 0. The number of anilines is 1. The number of aryl methyl sites for hydroxylation is 1. The van der Waals surface area contributed by atoms with Crippen molar-refractivity contribution in [1.29, 1.82) is 0 Å². The third-order valence-electron chi connectivity index (χ3n) is 2.33. The molecule has 4 nitrogen and oxygen atoms in total. The Morgan fingerprint density at radius 1 is 1.35 bits per heavy atom. The van der Waals surface area contributed by atoms with Gasteiger partial charge < -0.3 is 5.73 Å². The second-order valence-corrected chi connectivity index (χ2v) is 4.64. The largest absolute Gasteiger partial charge is 0.382 e. The van der Waals surface area contributed by atoms with Gasteiger partial charge in [-0.3, -0.25) is 4.72 Å². The van der Waals surface area contributed by atoms with Crippen molar-refractivity contribution < 1.29 is 0 Å². The van der Waals surface area contributed by atoms with Crippen LogP contribution in [0.15, 0.2) is 35.4 Å². The average molecular weight is 246 g/mol. The number of benzene rings is 1. The van der Waals surface area contributed by atoms with E-state index in [0.717, 1.165) is 21.8 Å². The molecule has 17 heavy (non-hydrogen) atoms. The van der Waals surface area contributed by atoms with E-state index in [-0.39, 0.29) is 0 Å². The van der Waals surface area contributed by atoms with Gasteiger partial charge in [0.1, 0.15) is 5.82 Å². The van der Waals surface area contributed by atoms with Crippen LogP contribution in [0, 0.1) is 6.92 Å². The zero-order chi connectivity index (χ0) is 12.3. The van der Waals surface area contributed by atoms with Crippen LogP contribution in [-0.2, 0) is 0 Å². The highest BCUT2D eigenvalue weighted by atomic mass is 32.2. The minimum absolute atomic E-state index is 0.481. The molecule has 1 heterocycles. The number of hydrogen-bond acceptors (Lipinski definition) is 5. The Morgan fingerprint density at radius 3 is 2.88 bits per heavy atom. The summed E-state index contributed by atoms with van der Waals surface area (Å²) in [6, 6.07) is 8.13. The summed E-state index contributed by atoms with van der Waals surface area (Å²) in [5.41, 5.74) is 8.30. The number of nitrogens with zero attached hydrogens (tertiary/aromatic N) is 2. The number of nitrogen functional groups attached to an aromatic ring is 1. The predicted molar refractivity (Wildman–Crippen MR) is 71.5 cm³/mol. The molecule has 0 saturated heterocycles. The van der Waals surface area contributed by atoms with Crippen molar-refractivity contribution in [3.05, 3.63) is 36.2 Å². The van der Waals surface area contributed by atoms with Crippen LogP contribution < -0.4 is 10.5 Å². The van der Waals surface area contributed by atoms with Gasteiger partial charge in [-0.05, 0) is 38.1 Å². The highest BCUT2D eigenvalue weighted by Gasteiger charge is 2.04.